The predicted octanol–water partition coefficient (Wildman–Crippen LogP) is 2.71. The number of nitrogens with zero attached hydrogens (tertiary/aromatic N) is 1. The number of hydrogen-bond acceptors (Lipinski definition) is 2. The second kappa shape index (κ2) is 4.76. The quantitative estimate of drug-likeness (QED) is 0.818. The number of pyridine rings is 1. The maximum atomic E-state index is 10.4. The van der Waals surface area contributed by atoms with Crippen LogP contribution in [-0.2, 0) is 5.33 Å². The van der Waals surface area contributed by atoms with Gasteiger partial charge in [0.15, 0.2) is 0 Å². The Morgan fingerprint density at radius 1 is 1.79 bits per heavy atom. The van der Waals surface area contributed by atoms with Gasteiger partial charge in [-0.3, -0.25) is 5.32 Å². The third kappa shape index (κ3) is 2.56. The van der Waals surface area contributed by atoms with Crippen molar-refractivity contribution < 1.29 is 9.90 Å². The van der Waals surface area contributed by atoms with Crippen LogP contribution in [0.3, 0.4) is 0 Å². The Hall–Kier alpha value is -1.36. The molecule has 0 saturated heterocycles. The van der Waals surface area contributed by atoms with Gasteiger partial charge in [0.1, 0.15) is 5.82 Å². The van der Waals surface area contributed by atoms with Crippen molar-refractivity contribution in [2.75, 3.05) is 5.32 Å². The highest BCUT2D eigenvalue weighted by Gasteiger charge is 2.05. The Kier molecular flexibility index (Phi) is 3.64. The van der Waals surface area contributed by atoms with Gasteiger partial charge in [-0.05, 0) is 11.6 Å². The van der Waals surface area contributed by atoms with E-state index in [0.29, 0.717) is 16.7 Å². The van der Waals surface area contributed by atoms with Gasteiger partial charge in [0.25, 0.3) is 0 Å². The Morgan fingerprint density at radius 2 is 2.50 bits per heavy atom. The molecule has 0 saturated carbocycles. The number of alkyl halides is 1. The van der Waals surface area contributed by atoms with Crippen LogP contribution in [0.1, 0.15) is 11.1 Å². The molecule has 0 aliphatic heterocycles. The van der Waals surface area contributed by atoms with Gasteiger partial charge in [0, 0.05) is 17.1 Å². The number of hydrogen-bond donors (Lipinski definition) is 2. The summed E-state index contributed by atoms with van der Waals surface area (Å²) in [5.41, 5.74) is 1.64. The lowest BCUT2D eigenvalue weighted by Gasteiger charge is -2.05. The van der Waals surface area contributed by atoms with Gasteiger partial charge < -0.3 is 5.11 Å². The molecule has 1 amide bonds. The Labute approximate surface area is 89.8 Å². The molecule has 0 radical (unpaired) electrons. The monoisotopic (exact) mass is 256 g/mol. The smallest absolute Gasteiger partial charge is 0.410 e. The van der Waals surface area contributed by atoms with Crippen LogP contribution < -0.4 is 5.32 Å². The average Bonchev–Trinajstić information content (AvgIpc) is 2.17. The van der Waals surface area contributed by atoms with Crippen molar-refractivity contribution in [1.82, 2.24) is 4.98 Å². The Morgan fingerprint density at radius 3 is 3.00 bits per heavy atom. The molecular weight excluding hydrogens is 248 g/mol. The summed E-state index contributed by atoms with van der Waals surface area (Å²) in [5, 5.41) is 11.4. The van der Waals surface area contributed by atoms with E-state index in [1.807, 2.05) is 6.07 Å². The number of carbonyl (C=O) groups is 1. The minimum absolute atomic E-state index is 0.303. The molecule has 0 bridgehead atoms. The number of carboxylic acid groups (broad SMARTS) is 1. The molecule has 1 heterocycles. The first-order chi connectivity index (χ1) is 6.67. The molecule has 0 fully saturated rings. The van der Waals surface area contributed by atoms with Gasteiger partial charge >= 0.3 is 6.09 Å². The van der Waals surface area contributed by atoms with Crippen LogP contribution in [0.5, 0.6) is 0 Å². The minimum Gasteiger partial charge on any atom is -0.465 e. The molecule has 14 heavy (non-hydrogen) atoms. The maximum Gasteiger partial charge on any atom is 0.410 e. The fourth-order valence-corrected chi connectivity index (χ4v) is 1.27. The largest absolute Gasteiger partial charge is 0.465 e. The minimum atomic E-state index is -1.13. The molecule has 0 aromatic carbocycles. The molecule has 0 aliphatic carbocycles. The number of anilines is 1. The van der Waals surface area contributed by atoms with Crippen LogP contribution in [0.4, 0.5) is 10.6 Å². The first kappa shape index (κ1) is 10.7. The average molecular weight is 257 g/mol. The first-order valence-corrected chi connectivity index (χ1v) is 4.96. The highest BCUT2D eigenvalue weighted by molar-refractivity contribution is 9.08. The molecule has 0 aliphatic rings. The molecule has 2 N–H and O–H groups in total. The third-order valence-electron chi connectivity index (χ3n) is 1.57. The van der Waals surface area contributed by atoms with Crippen molar-refractivity contribution in [3.8, 4) is 0 Å². The first-order valence-electron chi connectivity index (χ1n) is 3.84. The standard InChI is InChI=1S/C9H9BrN2O2/c1-2-7-3-6(4-10)5-11-8(7)12-9(13)14/h2-3,5H,1,4H2,(H,11,12)(H,13,14). The number of halogens is 1. The van der Waals surface area contributed by atoms with Crippen molar-refractivity contribution in [3.05, 3.63) is 30.0 Å². The van der Waals surface area contributed by atoms with E-state index in [1.54, 1.807) is 12.3 Å². The van der Waals surface area contributed by atoms with Crippen molar-refractivity contribution in [2.45, 2.75) is 5.33 Å². The number of amides is 1. The van der Waals surface area contributed by atoms with Crippen LogP contribution >= 0.6 is 15.9 Å². The van der Waals surface area contributed by atoms with Crippen LogP contribution in [0.15, 0.2) is 18.8 Å². The van der Waals surface area contributed by atoms with Crippen molar-refractivity contribution in [1.29, 1.82) is 0 Å². The summed E-state index contributed by atoms with van der Waals surface area (Å²) >= 11 is 3.29. The van der Waals surface area contributed by atoms with Crippen LogP contribution in [0.2, 0.25) is 0 Å². The predicted molar refractivity (Wildman–Crippen MR) is 58.6 cm³/mol. The molecule has 1 rings (SSSR count). The third-order valence-corrected chi connectivity index (χ3v) is 2.22. The van der Waals surface area contributed by atoms with E-state index in [4.69, 9.17) is 5.11 Å². The van der Waals surface area contributed by atoms with Gasteiger partial charge in [-0.2, -0.15) is 0 Å². The molecule has 74 valence electrons. The number of nitrogens with one attached hydrogen (secondary N) is 1. The molecule has 1 aromatic heterocycles. The van der Waals surface area contributed by atoms with Gasteiger partial charge in [0.05, 0.1) is 0 Å². The highest BCUT2D eigenvalue weighted by Crippen LogP contribution is 2.16. The molecule has 0 unspecified atom stereocenters. The van der Waals surface area contributed by atoms with E-state index in [9.17, 15) is 4.79 Å². The second-order valence-corrected chi connectivity index (χ2v) is 3.11. The lowest BCUT2D eigenvalue weighted by molar-refractivity contribution is 0.209. The fraction of sp³-hybridized carbons (Fsp3) is 0.111. The molecular formula is C9H9BrN2O2. The Balaban J connectivity index is 3.04. The van der Waals surface area contributed by atoms with E-state index in [1.165, 1.54) is 0 Å². The summed E-state index contributed by atoms with van der Waals surface area (Å²) in [5.74, 6) is 0.303. The normalized spacial score (nSPS) is 9.50. The highest BCUT2D eigenvalue weighted by atomic mass is 79.9. The summed E-state index contributed by atoms with van der Waals surface area (Å²) in [4.78, 5) is 14.4. The van der Waals surface area contributed by atoms with Crippen LogP contribution in [-0.4, -0.2) is 16.2 Å². The fourth-order valence-electron chi connectivity index (χ4n) is 0.962. The van der Waals surface area contributed by atoms with Crippen molar-refractivity contribution in [3.63, 3.8) is 0 Å². The zero-order valence-electron chi connectivity index (χ0n) is 7.33. The van der Waals surface area contributed by atoms with Gasteiger partial charge in [0.2, 0.25) is 0 Å². The van der Waals surface area contributed by atoms with Gasteiger partial charge in [-0.1, -0.05) is 28.6 Å². The lowest BCUT2D eigenvalue weighted by atomic mass is 10.2. The SMILES string of the molecule is C=Cc1cc(CBr)cnc1NC(=O)O. The van der Waals surface area contributed by atoms with Crippen molar-refractivity contribution >= 4 is 33.9 Å². The summed E-state index contributed by atoms with van der Waals surface area (Å²) in [6, 6.07) is 1.82. The zero-order valence-corrected chi connectivity index (χ0v) is 8.91. The summed E-state index contributed by atoms with van der Waals surface area (Å²) in [6.07, 6.45) is 2.03. The second-order valence-electron chi connectivity index (χ2n) is 2.55. The van der Waals surface area contributed by atoms with Gasteiger partial charge in [-0.15, -0.1) is 0 Å². The molecule has 5 heteroatoms. The lowest BCUT2D eigenvalue weighted by Crippen LogP contribution is -2.10. The molecule has 1 aromatic rings. The maximum absolute atomic E-state index is 10.4. The number of aromatic nitrogens is 1. The zero-order chi connectivity index (χ0) is 10.6. The number of rotatable bonds is 3. The van der Waals surface area contributed by atoms with E-state index >= 15 is 0 Å². The summed E-state index contributed by atoms with van der Waals surface area (Å²) in [7, 11) is 0. The topological polar surface area (TPSA) is 62.2 Å². The van der Waals surface area contributed by atoms with E-state index < -0.39 is 6.09 Å². The van der Waals surface area contributed by atoms with E-state index in [0.717, 1.165) is 5.56 Å². The van der Waals surface area contributed by atoms with Crippen molar-refractivity contribution in [2.24, 2.45) is 0 Å². The molecule has 0 atom stereocenters. The molecule has 0 spiro atoms. The molecule has 4 nitrogen and oxygen atoms in total. The van der Waals surface area contributed by atoms with Crippen LogP contribution in [0, 0.1) is 0 Å². The summed E-state index contributed by atoms with van der Waals surface area (Å²) in [6.45, 7) is 3.59. The van der Waals surface area contributed by atoms with Crippen LogP contribution in [0.25, 0.3) is 6.08 Å². The summed E-state index contributed by atoms with van der Waals surface area (Å²) < 4.78 is 0. The van der Waals surface area contributed by atoms with Gasteiger partial charge in [-0.25, -0.2) is 9.78 Å². The Bertz CT molecular complexity index is 366. The van der Waals surface area contributed by atoms with E-state index in [2.05, 4.69) is 32.8 Å². The van der Waals surface area contributed by atoms with E-state index in [-0.39, 0.29) is 0 Å².